The lowest BCUT2D eigenvalue weighted by Gasteiger charge is -2.10. The highest BCUT2D eigenvalue weighted by atomic mass is 35.5. The molecule has 2 rings (SSSR count). The van der Waals surface area contributed by atoms with Gasteiger partial charge in [0.25, 0.3) is 0 Å². The Morgan fingerprint density at radius 1 is 1.21 bits per heavy atom. The monoisotopic (exact) mass is 294 g/mol. The van der Waals surface area contributed by atoms with Crippen molar-refractivity contribution in [3.63, 3.8) is 0 Å². The third kappa shape index (κ3) is 3.22. The maximum Gasteiger partial charge on any atom is 0.336 e. The quantitative estimate of drug-likeness (QED) is 0.918. The number of ether oxygens (including phenoxy) is 1. The maximum absolute atomic E-state index is 11.2. The molecular weight excluding hydrogens is 284 g/mol. The van der Waals surface area contributed by atoms with Crippen molar-refractivity contribution in [1.82, 2.24) is 0 Å². The van der Waals surface area contributed by atoms with E-state index in [-0.39, 0.29) is 5.56 Å². The van der Waals surface area contributed by atoms with Crippen molar-refractivity contribution in [3.05, 3.63) is 53.1 Å². The second-order valence-electron chi connectivity index (χ2n) is 3.70. The van der Waals surface area contributed by atoms with Crippen molar-refractivity contribution in [3.8, 4) is 5.75 Å². The number of hydrogen-bond donors (Lipinski definition) is 1. The number of methoxy groups -OCH3 is 1. The van der Waals surface area contributed by atoms with Crippen LogP contribution >= 0.6 is 23.4 Å². The van der Waals surface area contributed by atoms with Crippen LogP contribution in [0, 0.1) is 0 Å². The van der Waals surface area contributed by atoms with Gasteiger partial charge >= 0.3 is 5.97 Å². The molecule has 0 radical (unpaired) electrons. The Morgan fingerprint density at radius 2 is 1.95 bits per heavy atom. The summed E-state index contributed by atoms with van der Waals surface area (Å²) in [6.45, 7) is 0. The van der Waals surface area contributed by atoms with Crippen molar-refractivity contribution >= 4 is 29.3 Å². The van der Waals surface area contributed by atoms with Gasteiger partial charge in [0.15, 0.2) is 0 Å². The van der Waals surface area contributed by atoms with Gasteiger partial charge in [-0.2, -0.15) is 0 Å². The zero-order chi connectivity index (χ0) is 13.8. The van der Waals surface area contributed by atoms with E-state index >= 15 is 0 Å². The van der Waals surface area contributed by atoms with E-state index in [2.05, 4.69) is 0 Å². The number of benzene rings is 2. The van der Waals surface area contributed by atoms with Gasteiger partial charge in [-0.1, -0.05) is 35.5 Å². The van der Waals surface area contributed by atoms with Gasteiger partial charge in [-0.15, -0.1) is 0 Å². The summed E-state index contributed by atoms with van der Waals surface area (Å²) in [4.78, 5) is 12.6. The topological polar surface area (TPSA) is 46.5 Å². The number of rotatable bonds is 4. The molecule has 0 aliphatic rings. The first-order valence-electron chi connectivity index (χ1n) is 5.45. The number of aromatic carboxylic acids is 1. The molecule has 0 saturated carbocycles. The average Bonchev–Trinajstić information content (AvgIpc) is 2.41. The first-order chi connectivity index (χ1) is 9.11. The minimum Gasteiger partial charge on any atom is -0.496 e. The molecule has 0 amide bonds. The first-order valence-corrected chi connectivity index (χ1v) is 6.65. The zero-order valence-corrected chi connectivity index (χ0v) is 11.7. The van der Waals surface area contributed by atoms with Crippen LogP contribution in [0.1, 0.15) is 10.4 Å². The molecule has 0 aromatic heterocycles. The standard InChI is InChI=1S/C14H11ClO3S/c1-18-11-8-9(15)6-7-13(11)19-12-5-3-2-4-10(12)14(16)17/h2-8H,1H3,(H,16,17). The van der Waals surface area contributed by atoms with Crippen LogP contribution in [0.25, 0.3) is 0 Å². The molecule has 1 N–H and O–H groups in total. The fourth-order valence-electron chi connectivity index (χ4n) is 1.58. The van der Waals surface area contributed by atoms with Gasteiger partial charge in [0, 0.05) is 9.92 Å². The third-order valence-electron chi connectivity index (χ3n) is 2.46. The molecule has 98 valence electrons. The summed E-state index contributed by atoms with van der Waals surface area (Å²) in [5, 5.41) is 9.73. The molecule has 0 spiro atoms. The second-order valence-corrected chi connectivity index (χ2v) is 5.22. The van der Waals surface area contributed by atoms with Gasteiger partial charge < -0.3 is 9.84 Å². The Labute approximate surface area is 120 Å². The molecule has 0 unspecified atom stereocenters. The van der Waals surface area contributed by atoms with Gasteiger partial charge in [0.2, 0.25) is 0 Å². The minimum atomic E-state index is -0.948. The second kappa shape index (κ2) is 5.99. The molecule has 19 heavy (non-hydrogen) atoms. The summed E-state index contributed by atoms with van der Waals surface area (Å²) in [5.74, 6) is -0.325. The molecular formula is C14H11ClO3S. The summed E-state index contributed by atoms with van der Waals surface area (Å²) in [7, 11) is 1.55. The molecule has 2 aromatic rings. The van der Waals surface area contributed by atoms with Crippen LogP contribution in [0.5, 0.6) is 5.75 Å². The highest BCUT2D eigenvalue weighted by Gasteiger charge is 2.12. The van der Waals surface area contributed by atoms with Gasteiger partial charge in [-0.25, -0.2) is 4.79 Å². The van der Waals surface area contributed by atoms with Crippen LogP contribution in [0.4, 0.5) is 0 Å². The van der Waals surface area contributed by atoms with Crippen molar-refractivity contribution in [2.45, 2.75) is 9.79 Å². The lowest BCUT2D eigenvalue weighted by molar-refractivity contribution is 0.0693. The third-order valence-corrected chi connectivity index (χ3v) is 3.83. The Bertz CT molecular complexity index is 613. The van der Waals surface area contributed by atoms with Gasteiger partial charge in [0.05, 0.1) is 17.6 Å². The van der Waals surface area contributed by atoms with E-state index in [4.69, 9.17) is 21.4 Å². The SMILES string of the molecule is COc1cc(Cl)ccc1Sc1ccccc1C(=O)O. The maximum atomic E-state index is 11.2. The fraction of sp³-hybridized carbons (Fsp3) is 0.0714. The van der Waals surface area contributed by atoms with Gasteiger partial charge in [-0.05, 0) is 30.3 Å². The van der Waals surface area contributed by atoms with E-state index in [0.717, 1.165) is 4.90 Å². The summed E-state index contributed by atoms with van der Waals surface area (Å²) < 4.78 is 5.25. The lowest BCUT2D eigenvalue weighted by Crippen LogP contribution is -1.98. The number of carboxylic acid groups (broad SMARTS) is 1. The number of hydrogen-bond acceptors (Lipinski definition) is 3. The highest BCUT2D eigenvalue weighted by Crippen LogP contribution is 2.37. The molecule has 0 atom stereocenters. The summed E-state index contributed by atoms with van der Waals surface area (Å²) in [6, 6.07) is 12.1. The fourth-order valence-corrected chi connectivity index (χ4v) is 2.77. The summed E-state index contributed by atoms with van der Waals surface area (Å²) in [5.41, 5.74) is 0.268. The Hall–Kier alpha value is -1.65. The normalized spacial score (nSPS) is 10.2. The van der Waals surface area contributed by atoms with Crippen LogP contribution in [0.3, 0.4) is 0 Å². The summed E-state index contributed by atoms with van der Waals surface area (Å²) >= 11 is 7.23. The Balaban J connectivity index is 2.39. The van der Waals surface area contributed by atoms with Crippen LogP contribution < -0.4 is 4.74 Å². The molecule has 0 aliphatic heterocycles. The molecule has 0 aliphatic carbocycles. The van der Waals surface area contributed by atoms with Crippen molar-refractivity contribution in [2.24, 2.45) is 0 Å². The van der Waals surface area contributed by atoms with Crippen molar-refractivity contribution in [1.29, 1.82) is 0 Å². The highest BCUT2D eigenvalue weighted by molar-refractivity contribution is 7.99. The van der Waals surface area contributed by atoms with Crippen LogP contribution in [-0.2, 0) is 0 Å². The van der Waals surface area contributed by atoms with E-state index < -0.39 is 5.97 Å². The molecule has 0 fully saturated rings. The predicted octanol–water partition coefficient (Wildman–Crippen LogP) is 4.20. The van der Waals surface area contributed by atoms with E-state index in [1.165, 1.54) is 11.8 Å². The lowest BCUT2D eigenvalue weighted by atomic mass is 10.2. The van der Waals surface area contributed by atoms with Crippen LogP contribution in [-0.4, -0.2) is 18.2 Å². The Morgan fingerprint density at radius 3 is 2.63 bits per heavy atom. The number of carboxylic acids is 1. The van der Waals surface area contributed by atoms with Crippen molar-refractivity contribution < 1.29 is 14.6 Å². The summed E-state index contributed by atoms with van der Waals surface area (Å²) in [6.07, 6.45) is 0. The van der Waals surface area contributed by atoms with E-state index in [0.29, 0.717) is 15.7 Å². The van der Waals surface area contributed by atoms with Crippen LogP contribution in [0.15, 0.2) is 52.3 Å². The number of halogens is 1. The van der Waals surface area contributed by atoms with E-state index in [1.807, 2.05) is 6.07 Å². The predicted molar refractivity (Wildman–Crippen MR) is 75.5 cm³/mol. The smallest absolute Gasteiger partial charge is 0.336 e. The largest absolute Gasteiger partial charge is 0.496 e. The molecule has 0 saturated heterocycles. The molecule has 2 aromatic carbocycles. The van der Waals surface area contributed by atoms with E-state index in [9.17, 15) is 4.79 Å². The van der Waals surface area contributed by atoms with Gasteiger partial charge in [-0.3, -0.25) is 0 Å². The number of carbonyl (C=O) groups is 1. The molecule has 5 heteroatoms. The molecule has 0 bridgehead atoms. The van der Waals surface area contributed by atoms with Crippen LogP contribution in [0.2, 0.25) is 5.02 Å². The zero-order valence-electron chi connectivity index (χ0n) is 10.1. The average molecular weight is 295 g/mol. The minimum absolute atomic E-state index is 0.268. The Kier molecular flexibility index (Phi) is 4.35. The van der Waals surface area contributed by atoms with E-state index in [1.54, 1.807) is 43.5 Å². The van der Waals surface area contributed by atoms with Gasteiger partial charge in [0.1, 0.15) is 5.75 Å². The first kappa shape index (κ1) is 13.8. The molecule has 3 nitrogen and oxygen atoms in total. The molecule has 0 heterocycles. The van der Waals surface area contributed by atoms with Crippen molar-refractivity contribution in [2.75, 3.05) is 7.11 Å².